The highest BCUT2D eigenvalue weighted by atomic mass is 35.5. The van der Waals surface area contributed by atoms with E-state index in [1.54, 1.807) is 0 Å². The van der Waals surface area contributed by atoms with Crippen molar-refractivity contribution in [1.82, 2.24) is 15.5 Å². The summed E-state index contributed by atoms with van der Waals surface area (Å²) in [5, 5.41) is 6.41. The molecule has 1 aliphatic heterocycles. The number of carbonyl (C=O) groups is 3. The molecule has 3 rings (SSSR count). The van der Waals surface area contributed by atoms with E-state index in [0.29, 0.717) is 24.4 Å². The molecule has 1 aliphatic carbocycles. The summed E-state index contributed by atoms with van der Waals surface area (Å²) in [5.74, 6) is -0.190. The number of nitrogens with zero attached hydrogens (tertiary/aromatic N) is 1. The molecule has 0 atom stereocenters. The zero-order valence-electron chi connectivity index (χ0n) is 14.7. The van der Waals surface area contributed by atoms with E-state index in [-0.39, 0.29) is 24.4 Å². The third kappa shape index (κ3) is 4.18. The average molecular weight is 378 g/mol. The van der Waals surface area contributed by atoms with E-state index < -0.39 is 5.54 Å². The van der Waals surface area contributed by atoms with Crippen LogP contribution in [0.3, 0.4) is 0 Å². The molecule has 1 saturated heterocycles. The summed E-state index contributed by atoms with van der Waals surface area (Å²) in [6.07, 6.45) is 4.88. The van der Waals surface area contributed by atoms with E-state index >= 15 is 0 Å². The molecule has 140 valence electrons. The van der Waals surface area contributed by atoms with Crippen molar-refractivity contribution in [2.45, 2.75) is 50.5 Å². The van der Waals surface area contributed by atoms with Gasteiger partial charge in [-0.1, -0.05) is 36.6 Å². The Kier molecular flexibility index (Phi) is 5.81. The van der Waals surface area contributed by atoms with Crippen molar-refractivity contribution < 1.29 is 14.4 Å². The number of carbonyl (C=O) groups excluding carboxylic acids is 3. The number of imide groups is 1. The van der Waals surface area contributed by atoms with Gasteiger partial charge in [0.15, 0.2) is 0 Å². The summed E-state index contributed by atoms with van der Waals surface area (Å²) >= 11 is 5.84. The first-order valence-corrected chi connectivity index (χ1v) is 9.53. The van der Waals surface area contributed by atoms with Crippen LogP contribution >= 0.6 is 11.6 Å². The largest absolute Gasteiger partial charge is 0.356 e. The Labute approximate surface area is 158 Å². The van der Waals surface area contributed by atoms with Crippen LogP contribution in [0.1, 0.15) is 44.1 Å². The number of amides is 4. The van der Waals surface area contributed by atoms with Crippen molar-refractivity contribution in [3.8, 4) is 0 Å². The molecule has 1 aromatic rings. The van der Waals surface area contributed by atoms with Crippen LogP contribution in [0.25, 0.3) is 0 Å². The quantitative estimate of drug-likeness (QED) is 0.717. The van der Waals surface area contributed by atoms with Crippen LogP contribution in [0.15, 0.2) is 24.3 Å². The highest BCUT2D eigenvalue weighted by Gasteiger charge is 2.51. The van der Waals surface area contributed by atoms with E-state index in [9.17, 15) is 14.4 Å². The Morgan fingerprint density at radius 1 is 1.19 bits per heavy atom. The van der Waals surface area contributed by atoms with Crippen molar-refractivity contribution in [1.29, 1.82) is 0 Å². The lowest BCUT2D eigenvalue weighted by atomic mass is 9.98. The van der Waals surface area contributed by atoms with Crippen LogP contribution in [0, 0.1) is 0 Å². The van der Waals surface area contributed by atoms with Gasteiger partial charge in [0.05, 0.1) is 0 Å². The first-order chi connectivity index (χ1) is 12.5. The lowest BCUT2D eigenvalue weighted by Crippen LogP contribution is -2.44. The van der Waals surface area contributed by atoms with E-state index in [1.807, 2.05) is 24.3 Å². The lowest BCUT2D eigenvalue weighted by Gasteiger charge is -2.19. The number of halogens is 1. The van der Waals surface area contributed by atoms with Crippen molar-refractivity contribution in [3.05, 3.63) is 34.9 Å². The zero-order valence-corrected chi connectivity index (χ0v) is 15.5. The average Bonchev–Trinajstić information content (AvgIpc) is 3.17. The summed E-state index contributed by atoms with van der Waals surface area (Å²) in [6.45, 7) is 0.837. The van der Waals surface area contributed by atoms with Crippen LogP contribution in [-0.2, 0) is 16.0 Å². The van der Waals surface area contributed by atoms with Crippen LogP contribution in [0.5, 0.6) is 0 Å². The standard InChI is InChI=1S/C19H24ClN3O3/c20-15-7-5-14(6-8-15)9-12-21-16(24)4-3-13-23-17(25)19(22-18(23)26)10-1-2-11-19/h5-8H,1-4,9-13H2,(H,21,24)(H,22,26). The second-order valence-corrected chi connectivity index (χ2v) is 7.44. The molecule has 4 amide bonds. The monoisotopic (exact) mass is 377 g/mol. The second-order valence-electron chi connectivity index (χ2n) is 7.01. The van der Waals surface area contributed by atoms with Crippen molar-refractivity contribution >= 4 is 29.4 Å². The van der Waals surface area contributed by atoms with Crippen molar-refractivity contribution in [2.24, 2.45) is 0 Å². The maximum atomic E-state index is 12.5. The first-order valence-electron chi connectivity index (χ1n) is 9.15. The molecule has 1 spiro atoms. The number of rotatable bonds is 7. The fourth-order valence-electron chi connectivity index (χ4n) is 3.68. The molecule has 0 aromatic heterocycles. The second kappa shape index (κ2) is 8.08. The SMILES string of the molecule is O=C(CCCN1C(=O)NC2(CCCC2)C1=O)NCCc1ccc(Cl)cc1. The number of benzene rings is 1. The van der Waals surface area contributed by atoms with Crippen molar-refractivity contribution in [3.63, 3.8) is 0 Å². The highest BCUT2D eigenvalue weighted by molar-refractivity contribution is 6.30. The predicted molar refractivity (Wildman–Crippen MR) is 98.8 cm³/mol. The maximum Gasteiger partial charge on any atom is 0.325 e. The summed E-state index contributed by atoms with van der Waals surface area (Å²) in [7, 11) is 0. The van der Waals surface area contributed by atoms with Gasteiger partial charge in [-0.25, -0.2) is 4.79 Å². The van der Waals surface area contributed by atoms with E-state index in [2.05, 4.69) is 10.6 Å². The molecule has 2 fully saturated rings. The number of nitrogens with one attached hydrogen (secondary N) is 2. The third-order valence-corrected chi connectivity index (χ3v) is 5.39. The molecule has 2 N–H and O–H groups in total. The predicted octanol–water partition coefficient (Wildman–Crippen LogP) is 2.64. The van der Waals surface area contributed by atoms with Gasteiger partial charge in [-0.3, -0.25) is 14.5 Å². The van der Waals surface area contributed by atoms with Gasteiger partial charge in [0.2, 0.25) is 5.91 Å². The van der Waals surface area contributed by atoms with E-state index in [1.165, 1.54) is 4.90 Å². The molecule has 7 heteroatoms. The Bertz CT molecular complexity index is 684. The fourth-order valence-corrected chi connectivity index (χ4v) is 3.81. The smallest absolute Gasteiger partial charge is 0.325 e. The Balaban J connectivity index is 1.36. The molecule has 26 heavy (non-hydrogen) atoms. The summed E-state index contributed by atoms with van der Waals surface area (Å²) < 4.78 is 0. The maximum absolute atomic E-state index is 12.5. The first kappa shape index (κ1) is 18.7. The van der Waals surface area contributed by atoms with Crippen LogP contribution in [-0.4, -0.2) is 41.4 Å². The molecular formula is C19H24ClN3O3. The molecule has 1 saturated carbocycles. The number of urea groups is 1. The van der Waals surface area contributed by atoms with Gasteiger partial charge in [-0.15, -0.1) is 0 Å². The molecule has 1 heterocycles. The van der Waals surface area contributed by atoms with Crippen LogP contribution in [0.4, 0.5) is 4.79 Å². The Morgan fingerprint density at radius 3 is 2.58 bits per heavy atom. The van der Waals surface area contributed by atoms with E-state index in [0.717, 1.165) is 37.7 Å². The highest BCUT2D eigenvalue weighted by Crippen LogP contribution is 2.35. The van der Waals surface area contributed by atoms with Gasteiger partial charge in [-0.2, -0.15) is 0 Å². The molecular weight excluding hydrogens is 354 g/mol. The zero-order chi connectivity index (χ0) is 18.6. The fraction of sp³-hybridized carbons (Fsp3) is 0.526. The molecule has 6 nitrogen and oxygen atoms in total. The molecule has 0 bridgehead atoms. The topological polar surface area (TPSA) is 78.5 Å². The molecule has 2 aliphatic rings. The minimum atomic E-state index is -0.669. The van der Waals surface area contributed by atoms with Gasteiger partial charge >= 0.3 is 6.03 Å². The van der Waals surface area contributed by atoms with Gasteiger partial charge < -0.3 is 10.6 Å². The summed E-state index contributed by atoms with van der Waals surface area (Å²) in [4.78, 5) is 37.8. The Hall–Kier alpha value is -2.08. The van der Waals surface area contributed by atoms with Crippen LogP contribution in [0.2, 0.25) is 5.02 Å². The lowest BCUT2D eigenvalue weighted by molar-refractivity contribution is -0.131. The third-order valence-electron chi connectivity index (χ3n) is 5.14. The van der Waals surface area contributed by atoms with Crippen molar-refractivity contribution in [2.75, 3.05) is 13.1 Å². The normalized spacial score (nSPS) is 18.4. The van der Waals surface area contributed by atoms with Gasteiger partial charge in [0.25, 0.3) is 5.91 Å². The van der Waals surface area contributed by atoms with Gasteiger partial charge in [0.1, 0.15) is 5.54 Å². The number of hydrogen-bond acceptors (Lipinski definition) is 3. The minimum Gasteiger partial charge on any atom is -0.356 e. The van der Waals surface area contributed by atoms with Crippen LogP contribution < -0.4 is 10.6 Å². The van der Waals surface area contributed by atoms with Gasteiger partial charge in [-0.05, 0) is 43.4 Å². The molecule has 0 unspecified atom stereocenters. The summed E-state index contributed by atoms with van der Waals surface area (Å²) in [6, 6.07) is 7.21. The molecule has 0 radical (unpaired) electrons. The molecule has 1 aromatic carbocycles. The Morgan fingerprint density at radius 2 is 1.88 bits per heavy atom. The van der Waals surface area contributed by atoms with Gasteiger partial charge in [0, 0.05) is 24.5 Å². The minimum absolute atomic E-state index is 0.0680. The number of hydrogen-bond donors (Lipinski definition) is 2. The van der Waals surface area contributed by atoms with E-state index in [4.69, 9.17) is 11.6 Å². The summed E-state index contributed by atoms with van der Waals surface area (Å²) in [5.41, 5.74) is 0.439.